The van der Waals surface area contributed by atoms with Crippen LogP contribution < -0.4 is 10.1 Å². The van der Waals surface area contributed by atoms with Gasteiger partial charge in [0.2, 0.25) is 11.8 Å². The summed E-state index contributed by atoms with van der Waals surface area (Å²) >= 11 is 1.49. The van der Waals surface area contributed by atoms with Crippen molar-refractivity contribution in [2.24, 2.45) is 0 Å². The van der Waals surface area contributed by atoms with Crippen LogP contribution in [0.15, 0.2) is 59.5 Å². The minimum atomic E-state index is -0.267. The van der Waals surface area contributed by atoms with Gasteiger partial charge in [0, 0.05) is 11.4 Å². The van der Waals surface area contributed by atoms with E-state index in [-0.39, 0.29) is 23.6 Å². The molecular weight excluding hydrogens is 348 g/mol. The molecule has 2 aromatic carbocycles. The SMILES string of the molecule is CCN(CC(=O)Nc1ccccc1OC)C(=O)C(C)Sc1ccccc1. The molecule has 0 aliphatic carbocycles. The maximum atomic E-state index is 12.7. The zero-order valence-electron chi connectivity index (χ0n) is 15.3. The molecule has 0 aliphatic rings. The van der Waals surface area contributed by atoms with Crippen LogP contribution in [0, 0.1) is 0 Å². The van der Waals surface area contributed by atoms with Crippen LogP contribution in [-0.2, 0) is 9.59 Å². The Bertz CT molecular complexity index is 737. The van der Waals surface area contributed by atoms with Gasteiger partial charge in [0.15, 0.2) is 0 Å². The average molecular weight is 372 g/mol. The number of hydrogen-bond acceptors (Lipinski definition) is 4. The largest absolute Gasteiger partial charge is 0.495 e. The average Bonchev–Trinajstić information content (AvgIpc) is 2.66. The van der Waals surface area contributed by atoms with E-state index in [0.717, 1.165) is 4.90 Å². The summed E-state index contributed by atoms with van der Waals surface area (Å²) in [4.78, 5) is 27.6. The Morgan fingerprint density at radius 2 is 1.77 bits per heavy atom. The summed E-state index contributed by atoms with van der Waals surface area (Å²) < 4.78 is 5.23. The number of nitrogens with one attached hydrogen (secondary N) is 1. The molecule has 0 spiro atoms. The first kappa shape index (κ1) is 19.8. The fourth-order valence-corrected chi connectivity index (χ4v) is 3.44. The highest BCUT2D eigenvalue weighted by Gasteiger charge is 2.22. The van der Waals surface area contributed by atoms with Crippen LogP contribution in [0.3, 0.4) is 0 Å². The van der Waals surface area contributed by atoms with Crippen LogP contribution in [0.1, 0.15) is 13.8 Å². The minimum absolute atomic E-state index is 0.00702. The summed E-state index contributed by atoms with van der Waals surface area (Å²) in [6, 6.07) is 17.0. The Hall–Kier alpha value is -2.47. The van der Waals surface area contributed by atoms with Gasteiger partial charge in [0.25, 0.3) is 0 Å². The molecule has 2 aromatic rings. The standard InChI is InChI=1S/C20H24N2O3S/c1-4-22(20(24)15(2)26-16-10-6-5-7-11-16)14-19(23)21-17-12-8-9-13-18(17)25-3/h5-13,15H,4,14H2,1-3H3,(H,21,23). The molecule has 0 saturated carbocycles. The molecule has 0 radical (unpaired) electrons. The summed E-state index contributed by atoms with van der Waals surface area (Å²) in [6.07, 6.45) is 0. The van der Waals surface area contributed by atoms with Crippen molar-refractivity contribution in [2.75, 3.05) is 25.5 Å². The van der Waals surface area contributed by atoms with Crippen LogP contribution in [0.25, 0.3) is 0 Å². The van der Waals surface area contributed by atoms with Gasteiger partial charge in [-0.1, -0.05) is 30.3 Å². The Morgan fingerprint density at radius 3 is 2.42 bits per heavy atom. The van der Waals surface area contributed by atoms with E-state index in [1.807, 2.05) is 56.3 Å². The number of rotatable bonds is 8. The Labute approximate surface area is 158 Å². The van der Waals surface area contributed by atoms with Crippen LogP contribution in [0.4, 0.5) is 5.69 Å². The summed E-state index contributed by atoms with van der Waals surface area (Å²) in [7, 11) is 1.55. The normalized spacial score (nSPS) is 11.5. The fraction of sp³-hybridized carbons (Fsp3) is 0.300. The lowest BCUT2D eigenvalue weighted by atomic mass is 10.3. The van der Waals surface area contributed by atoms with E-state index < -0.39 is 0 Å². The van der Waals surface area contributed by atoms with Crippen molar-refractivity contribution in [3.63, 3.8) is 0 Å². The van der Waals surface area contributed by atoms with Crippen LogP contribution in [-0.4, -0.2) is 42.2 Å². The monoisotopic (exact) mass is 372 g/mol. The number of thioether (sulfide) groups is 1. The quantitative estimate of drug-likeness (QED) is 0.719. The van der Waals surface area contributed by atoms with Crippen LogP contribution in [0.2, 0.25) is 0 Å². The topological polar surface area (TPSA) is 58.6 Å². The minimum Gasteiger partial charge on any atom is -0.495 e. The Morgan fingerprint density at radius 1 is 1.12 bits per heavy atom. The molecule has 5 nitrogen and oxygen atoms in total. The van der Waals surface area contributed by atoms with E-state index in [0.29, 0.717) is 18.0 Å². The van der Waals surface area contributed by atoms with Gasteiger partial charge in [-0.25, -0.2) is 0 Å². The molecule has 0 aromatic heterocycles. The van der Waals surface area contributed by atoms with Gasteiger partial charge >= 0.3 is 0 Å². The van der Waals surface area contributed by atoms with E-state index in [4.69, 9.17) is 4.74 Å². The predicted molar refractivity (Wildman–Crippen MR) is 106 cm³/mol. The summed E-state index contributed by atoms with van der Waals surface area (Å²) in [5.74, 6) is 0.279. The molecule has 0 saturated heterocycles. The highest BCUT2D eigenvalue weighted by atomic mass is 32.2. The number of likely N-dealkylation sites (N-methyl/N-ethyl adjacent to an activating group) is 1. The maximum Gasteiger partial charge on any atom is 0.244 e. The number of carbonyl (C=O) groups is 2. The lowest BCUT2D eigenvalue weighted by Gasteiger charge is -2.24. The van der Waals surface area contributed by atoms with Crippen molar-refractivity contribution >= 4 is 29.3 Å². The number of methoxy groups -OCH3 is 1. The number of hydrogen-bond donors (Lipinski definition) is 1. The number of nitrogens with zero attached hydrogens (tertiary/aromatic N) is 1. The first-order valence-corrected chi connectivity index (χ1v) is 9.36. The molecular formula is C20H24N2O3S. The molecule has 26 heavy (non-hydrogen) atoms. The van der Waals surface area contributed by atoms with Gasteiger partial charge in [-0.15, -0.1) is 11.8 Å². The van der Waals surface area contributed by atoms with Crippen molar-refractivity contribution in [2.45, 2.75) is 24.0 Å². The van der Waals surface area contributed by atoms with E-state index in [1.165, 1.54) is 11.8 Å². The first-order valence-electron chi connectivity index (χ1n) is 8.48. The number of carbonyl (C=O) groups excluding carboxylic acids is 2. The molecule has 2 rings (SSSR count). The van der Waals surface area contributed by atoms with Gasteiger partial charge in [0.05, 0.1) is 24.6 Å². The van der Waals surface area contributed by atoms with Gasteiger partial charge < -0.3 is 15.0 Å². The number of anilines is 1. The zero-order valence-corrected chi connectivity index (χ0v) is 16.1. The summed E-state index contributed by atoms with van der Waals surface area (Å²) in [5.41, 5.74) is 0.593. The van der Waals surface area contributed by atoms with Crippen molar-refractivity contribution in [3.05, 3.63) is 54.6 Å². The van der Waals surface area contributed by atoms with Gasteiger partial charge in [-0.05, 0) is 38.1 Å². The van der Waals surface area contributed by atoms with Crippen molar-refractivity contribution in [3.8, 4) is 5.75 Å². The third kappa shape index (κ3) is 5.52. The smallest absolute Gasteiger partial charge is 0.244 e. The van der Waals surface area contributed by atoms with Gasteiger partial charge in [0.1, 0.15) is 5.75 Å². The summed E-state index contributed by atoms with van der Waals surface area (Å²) in [5, 5.41) is 2.54. The fourth-order valence-electron chi connectivity index (χ4n) is 2.47. The molecule has 0 fully saturated rings. The molecule has 1 unspecified atom stereocenters. The number of ether oxygens (including phenoxy) is 1. The first-order chi connectivity index (χ1) is 12.5. The van der Waals surface area contributed by atoms with Crippen LogP contribution >= 0.6 is 11.8 Å². The molecule has 6 heteroatoms. The van der Waals surface area contributed by atoms with Gasteiger partial charge in [-0.3, -0.25) is 9.59 Å². The Kier molecular flexibility index (Phi) is 7.53. The lowest BCUT2D eigenvalue weighted by molar-refractivity contribution is -0.133. The van der Waals surface area contributed by atoms with Crippen LogP contribution in [0.5, 0.6) is 5.75 Å². The van der Waals surface area contributed by atoms with Gasteiger partial charge in [-0.2, -0.15) is 0 Å². The van der Waals surface area contributed by atoms with E-state index in [1.54, 1.807) is 24.1 Å². The molecule has 0 heterocycles. The number of para-hydroxylation sites is 2. The second kappa shape index (κ2) is 9.87. The lowest BCUT2D eigenvalue weighted by Crippen LogP contribution is -2.41. The Balaban J connectivity index is 1.96. The maximum absolute atomic E-state index is 12.7. The third-order valence-corrected chi connectivity index (χ3v) is 4.91. The van der Waals surface area contributed by atoms with Crippen molar-refractivity contribution < 1.29 is 14.3 Å². The molecule has 138 valence electrons. The molecule has 0 bridgehead atoms. The second-order valence-corrected chi connectivity index (χ2v) is 7.09. The zero-order chi connectivity index (χ0) is 18.9. The predicted octanol–water partition coefficient (Wildman–Crippen LogP) is 3.66. The highest BCUT2D eigenvalue weighted by Crippen LogP contribution is 2.25. The van der Waals surface area contributed by atoms with Crippen molar-refractivity contribution in [1.29, 1.82) is 0 Å². The molecule has 0 aliphatic heterocycles. The number of amides is 2. The van der Waals surface area contributed by atoms with Crippen molar-refractivity contribution in [1.82, 2.24) is 4.90 Å². The third-order valence-electron chi connectivity index (χ3n) is 3.81. The second-order valence-electron chi connectivity index (χ2n) is 5.67. The molecule has 1 atom stereocenters. The van der Waals surface area contributed by atoms with E-state index in [9.17, 15) is 9.59 Å². The highest BCUT2D eigenvalue weighted by molar-refractivity contribution is 8.00. The number of benzene rings is 2. The van der Waals surface area contributed by atoms with E-state index in [2.05, 4.69) is 5.32 Å². The molecule has 1 N–H and O–H groups in total. The molecule has 2 amide bonds. The van der Waals surface area contributed by atoms with E-state index >= 15 is 0 Å². The summed E-state index contributed by atoms with van der Waals surface area (Å²) in [6.45, 7) is 4.21.